The maximum absolute atomic E-state index is 10.6. The van der Waals surface area contributed by atoms with Gasteiger partial charge in [-0.2, -0.15) is 8.42 Å². The first-order chi connectivity index (χ1) is 27.5. The fraction of sp³-hybridized carbons (Fsp3) is 0.268. The van der Waals surface area contributed by atoms with Crippen molar-refractivity contribution >= 4 is 98.3 Å². The Morgan fingerprint density at radius 1 is 0.690 bits per heavy atom. The maximum atomic E-state index is 10.6. The predicted molar refractivity (Wildman–Crippen MR) is 232 cm³/mol. The van der Waals surface area contributed by atoms with Gasteiger partial charge >= 0.3 is 0 Å². The number of aromatic nitrogens is 2. The number of nitrogens with zero attached hydrogens (tertiary/aromatic N) is 5. The molecule has 0 aliphatic carbocycles. The Kier molecular flexibility index (Phi) is 11.5. The average molecular weight is 866 g/mol. The zero-order chi connectivity index (χ0) is 41.7. The third-order valence-electron chi connectivity index (χ3n) is 9.62. The second kappa shape index (κ2) is 16.1. The maximum Gasteiger partial charge on any atom is 0.261 e. The summed E-state index contributed by atoms with van der Waals surface area (Å²) in [7, 11) is -2.74. The van der Waals surface area contributed by atoms with Gasteiger partial charge in [0.05, 0.1) is 23.5 Å². The zero-order valence-corrected chi connectivity index (χ0v) is 35.8. The van der Waals surface area contributed by atoms with Gasteiger partial charge in [-0.3, -0.25) is 4.55 Å². The van der Waals surface area contributed by atoms with Crippen molar-refractivity contribution < 1.29 is 30.9 Å². The summed E-state index contributed by atoms with van der Waals surface area (Å²) in [5.41, 5.74) is 5.87. The lowest BCUT2D eigenvalue weighted by Crippen LogP contribution is -2.25. The molecule has 0 bridgehead atoms. The Labute approximate surface area is 345 Å². The molecule has 13 nitrogen and oxygen atoms in total. The van der Waals surface area contributed by atoms with Crippen molar-refractivity contribution in [3.05, 3.63) is 93.6 Å². The van der Waals surface area contributed by atoms with Crippen LogP contribution in [0.2, 0.25) is 10.0 Å². The molecule has 2 aromatic heterocycles. The molecule has 2 aliphatic heterocycles. The van der Waals surface area contributed by atoms with Gasteiger partial charge in [0.15, 0.2) is 23.0 Å². The molecule has 0 saturated carbocycles. The lowest BCUT2D eigenvalue weighted by Gasteiger charge is -2.21. The number of benzene rings is 5. The summed E-state index contributed by atoms with van der Waals surface area (Å²) < 4.78 is 66.9. The van der Waals surface area contributed by atoms with Gasteiger partial charge in [0.25, 0.3) is 10.1 Å². The van der Waals surface area contributed by atoms with E-state index in [0.29, 0.717) is 67.9 Å². The van der Waals surface area contributed by atoms with Gasteiger partial charge in [-0.25, -0.2) is 23.1 Å². The molecule has 17 heteroatoms. The van der Waals surface area contributed by atoms with Crippen LogP contribution in [0, 0.1) is 0 Å². The third kappa shape index (κ3) is 8.25. The SMILES string of the molecule is CCn1c2ccccc2c2cc3c(cc21)Oc1c(Cl)c2c(c(Cl)c1=N3)Oc1cc3c(cc1N=2)c1ccccc1n3CC.CN(C)CCCNS(C)(=O)=O.CS(=O)(=O)O. The van der Waals surface area contributed by atoms with Gasteiger partial charge in [-0.15, -0.1) is 0 Å². The molecule has 2 aliphatic rings. The second-order valence-corrected chi connectivity index (χ2v) is 18.2. The zero-order valence-electron chi connectivity index (χ0n) is 32.7. The number of nitrogens with one attached hydrogen (secondary N) is 1. The van der Waals surface area contributed by atoms with Crippen LogP contribution in [0.1, 0.15) is 20.3 Å². The molecule has 2 N–H and O–H groups in total. The number of rotatable bonds is 7. The van der Waals surface area contributed by atoms with Gasteiger partial charge in [-0.1, -0.05) is 59.6 Å². The van der Waals surface area contributed by atoms with Crippen molar-refractivity contribution in [2.24, 2.45) is 9.98 Å². The first-order valence-corrected chi connectivity index (χ1v) is 22.9. The van der Waals surface area contributed by atoms with Gasteiger partial charge in [0.2, 0.25) is 10.0 Å². The fourth-order valence-corrected chi connectivity index (χ4v) is 8.30. The number of sulfonamides is 1. The normalized spacial score (nSPS) is 12.9. The number of halogens is 2. The molecule has 0 fully saturated rings. The van der Waals surface area contributed by atoms with E-state index in [0.717, 1.165) is 47.9 Å². The second-order valence-electron chi connectivity index (χ2n) is 14.2. The van der Waals surface area contributed by atoms with E-state index in [-0.39, 0.29) is 0 Å². The van der Waals surface area contributed by atoms with Crippen LogP contribution in [0.25, 0.3) is 43.6 Å². The highest BCUT2D eigenvalue weighted by Crippen LogP contribution is 2.46. The molecule has 0 amide bonds. The minimum absolute atomic E-state index is 0.316. The molecule has 304 valence electrons. The highest BCUT2D eigenvalue weighted by molar-refractivity contribution is 7.88. The number of fused-ring (bicyclic) bond motifs is 10. The quantitative estimate of drug-likeness (QED) is 0.120. The lowest BCUT2D eigenvalue weighted by molar-refractivity contribution is 0.400. The highest BCUT2D eigenvalue weighted by atomic mass is 35.5. The van der Waals surface area contributed by atoms with Gasteiger partial charge < -0.3 is 23.5 Å². The molecule has 0 radical (unpaired) electrons. The molecule has 0 spiro atoms. The molecule has 4 heterocycles. The van der Waals surface area contributed by atoms with Gasteiger partial charge in [-0.05, 0) is 65.2 Å². The summed E-state index contributed by atoms with van der Waals surface area (Å²) >= 11 is 14.0. The minimum Gasteiger partial charge on any atom is -0.451 e. The van der Waals surface area contributed by atoms with Gasteiger partial charge in [0.1, 0.15) is 32.1 Å². The molecule has 5 aromatic carbocycles. The molecular weight excluding hydrogens is 824 g/mol. The standard InChI is InChI=1S/C34H22Cl2N4O2.C6H16N2O2S.CH4O3S/c1-3-39-23-11-7-5-9-17(23)19-13-21-27(15-25(19)39)41-33-29(35)32-34(30(36)31(33)37-21)42-28-16-26-20(14-22(28)38-32)18-10-6-8-12-24(18)40(26)4-2;1-8(2)6-4-5-7-11(3,9)10;1-5(2,3)4/h5-16H,3-4H2,1-2H3;7H,4-6H2,1-3H3;1H3,(H,2,3,4). The monoisotopic (exact) mass is 864 g/mol. The van der Waals surface area contributed by atoms with E-state index < -0.39 is 20.1 Å². The van der Waals surface area contributed by atoms with Crippen LogP contribution in [0.15, 0.2) is 82.8 Å². The van der Waals surface area contributed by atoms with Crippen LogP contribution >= 0.6 is 23.2 Å². The Bertz CT molecular complexity index is 2950. The smallest absolute Gasteiger partial charge is 0.261 e. The van der Waals surface area contributed by atoms with E-state index in [1.165, 1.54) is 28.1 Å². The van der Waals surface area contributed by atoms with E-state index in [2.05, 4.69) is 88.4 Å². The van der Waals surface area contributed by atoms with E-state index >= 15 is 0 Å². The van der Waals surface area contributed by atoms with Crippen molar-refractivity contribution in [1.29, 1.82) is 0 Å². The molecule has 58 heavy (non-hydrogen) atoms. The minimum atomic E-state index is -3.67. The number of hydrogen-bond acceptors (Lipinski definition) is 9. The lowest BCUT2D eigenvalue weighted by atomic mass is 10.1. The fourth-order valence-electron chi connectivity index (χ4n) is 7.27. The summed E-state index contributed by atoms with van der Waals surface area (Å²) in [4.78, 5) is 11.9. The first kappa shape index (κ1) is 41.4. The Hall–Kier alpha value is -4.74. The Balaban J connectivity index is 0.000000273. The number of ether oxygens (including phenoxy) is 2. The van der Waals surface area contributed by atoms with E-state index in [4.69, 9.17) is 47.2 Å². The van der Waals surface area contributed by atoms with E-state index in [1.54, 1.807) is 0 Å². The third-order valence-corrected chi connectivity index (χ3v) is 11.0. The van der Waals surface area contributed by atoms with Crippen molar-refractivity contribution in [3.63, 3.8) is 0 Å². The van der Waals surface area contributed by atoms with Crippen LogP contribution in [0.4, 0.5) is 11.4 Å². The largest absolute Gasteiger partial charge is 0.451 e. The topological polar surface area (TPSA) is 157 Å². The number of aryl methyl sites for hydroxylation is 2. The predicted octanol–water partition coefficient (Wildman–Crippen LogP) is 8.35. The number of hydrogen-bond donors (Lipinski definition) is 2. The summed E-state index contributed by atoms with van der Waals surface area (Å²) in [6.45, 7) is 7.37. The van der Waals surface area contributed by atoms with Gasteiger partial charge in [0, 0.05) is 64.3 Å². The van der Waals surface area contributed by atoms with E-state index in [9.17, 15) is 16.8 Å². The summed E-state index contributed by atoms with van der Waals surface area (Å²) in [6.07, 6.45) is 2.73. The first-order valence-electron chi connectivity index (χ1n) is 18.4. The average Bonchev–Trinajstić information content (AvgIpc) is 3.65. The van der Waals surface area contributed by atoms with Crippen LogP contribution in [-0.4, -0.2) is 75.1 Å². The van der Waals surface area contributed by atoms with Crippen molar-refractivity contribution in [2.45, 2.75) is 33.4 Å². The molecule has 7 aromatic rings. The molecule has 9 rings (SSSR count). The molecule has 0 atom stereocenters. The summed E-state index contributed by atoms with van der Waals surface area (Å²) in [6, 6.07) is 25.0. The van der Waals surface area contributed by atoms with Crippen LogP contribution in [-0.2, 0) is 33.2 Å². The highest BCUT2D eigenvalue weighted by Gasteiger charge is 2.28. The van der Waals surface area contributed by atoms with Crippen LogP contribution < -0.4 is 24.9 Å². The van der Waals surface area contributed by atoms with Crippen LogP contribution in [0.5, 0.6) is 23.0 Å². The van der Waals surface area contributed by atoms with E-state index in [1.807, 2.05) is 31.1 Å². The molecule has 0 unspecified atom stereocenters. The number of para-hydroxylation sites is 2. The Morgan fingerprint density at radius 3 is 1.48 bits per heavy atom. The Morgan fingerprint density at radius 2 is 1.10 bits per heavy atom. The summed E-state index contributed by atoms with van der Waals surface area (Å²) in [5, 5.41) is 6.07. The van der Waals surface area contributed by atoms with Crippen molar-refractivity contribution in [1.82, 2.24) is 18.8 Å². The van der Waals surface area contributed by atoms with Crippen molar-refractivity contribution in [3.8, 4) is 23.0 Å². The van der Waals surface area contributed by atoms with Crippen molar-refractivity contribution in [2.75, 3.05) is 39.7 Å². The molecular formula is C41H42Cl2N6O7S2. The van der Waals surface area contributed by atoms with Crippen LogP contribution in [0.3, 0.4) is 0 Å². The summed E-state index contributed by atoms with van der Waals surface area (Å²) in [5.74, 6) is 2.00. The molecule has 0 saturated heterocycles.